The molecule has 2 unspecified atom stereocenters. The fourth-order valence-electron chi connectivity index (χ4n) is 1.80. The van der Waals surface area contributed by atoms with Crippen LogP contribution >= 0.6 is 0 Å². The van der Waals surface area contributed by atoms with Crippen LogP contribution in [-0.4, -0.2) is 37.4 Å². The first-order valence-corrected chi connectivity index (χ1v) is 4.66. The third-order valence-electron chi connectivity index (χ3n) is 2.46. The average molecular weight is 190 g/mol. The summed E-state index contributed by atoms with van der Waals surface area (Å²) in [5.41, 5.74) is 0. The van der Waals surface area contributed by atoms with E-state index in [1.165, 1.54) is 0 Å². The Hall–Kier alpha value is -0.190. The van der Waals surface area contributed by atoms with Crippen molar-refractivity contribution in [3.8, 4) is 0 Å². The zero-order valence-corrected chi connectivity index (χ0v) is 7.96. The molecule has 3 nitrogen and oxygen atoms in total. The molecule has 0 aliphatic carbocycles. The highest BCUT2D eigenvalue weighted by atomic mass is 19.1. The lowest BCUT2D eigenvalue weighted by atomic mass is 10.1. The molecule has 3 atom stereocenters. The van der Waals surface area contributed by atoms with E-state index in [0.717, 1.165) is 0 Å². The number of hydrogen-bond acceptors (Lipinski definition) is 3. The van der Waals surface area contributed by atoms with Gasteiger partial charge in [-0.05, 0) is 13.8 Å². The highest BCUT2D eigenvalue weighted by Gasteiger charge is 2.43. The Morgan fingerprint density at radius 3 is 2.62 bits per heavy atom. The predicted molar refractivity (Wildman–Crippen MR) is 44.2 cm³/mol. The van der Waals surface area contributed by atoms with Crippen LogP contribution < -0.4 is 0 Å². The van der Waals surface area contributed by atoms with Gasteiger partial charge in [-0.15, -0.1) is 0 Å². The van der Waals surface area contributed by atoms with Crippen LogP contribution in [0.2, 0.25) is 0 Å². The fourth-order valence-corrected chi connectivity index (χ4v) is 1.80. The second-order valence-electron chi connectivity index (χ2n) is 4.01. The monoisotopic (exact) mass is 190 g/mol. The van der Waals surface area contributed by atoms with E-state index in [1.807, 2.05) is 13.8 Å². The van der Waals surface area contributed by atoms with Crippen LogP contribution in [0.4, 0.5) is 4.39 Å². The summed E-state index contributed by atoms with van der Waals surface area (Å²) in [6, 6.07) is 0. The molecule has 13 heavy (non-hydrogen) atoms. The van der Waals surface area contributed by atoms with Crippen molar-refractivity contribution in [2.75, 3.05) is 13.2 Å². The van der Waals surface area contributed by atoms with E-state index in [0.29, 0.717) is 19.6 Å². The van der Waals surface area contributed by atoms with Crippen molar-refractivity contribution in [1.29, 1.82) is 0 Å². The van der Waals surface area contributed by atoms with Gasteiger partial charge in [0.25, 0.3) is 0 Å². The number of halogens is 1. The van der Waals surface area contributed by atoms with Crippen molar-refractivity contribution in [2.24, 2.45) is 0 Å². The molecular weight excluding hydrogens is 175 g/mol. The molecule has 0 aromatic rings. The SMILES string of the molecule is CC1(C)OCC(C2OCC[C@H]2F)O1. The van der Waals surface area contributed by atoms with E-state index >= 15 is 0 Å². The van der Waals surface area contributed by atoms with Crippen LogP contribution in [0.5, 0.6) is 0 Å². The largest absolute Gasteiger partial charge is 0.372 e. The first-order chi connectivity index (χ1) is 6.08. The minimum absolute atomic E-state index is 0.243. The van der Waals surface area contributed by atoms with Crippen molar-refractivity contribution in [2.45, 2.75) is 44.4 Å². The quantitative estimate of drug-likeness (QED) is 0.623. The molecule has 0 aromatic carbocycles. The third kappa shape index (κ3) is 1.85. The summed E-state index contributed by atoms with van der Waals surface area (Å²) in [5, 5.41) is 0. The topological polar surface area (TPSA) is 27.7 Å². The molecule has 0 radical (unpaired) electrons. The van der Waals surface area contributed by atoms with Crippen molar-refractivity contribution in [3.63, 3.8) is 0 Å². The van der Waals surface area contributed by atoms with Crippen LogP contribution in [0.1, 0.15) is 20.3 Å². The first kappa shape index (κ1) is 9.37. The summed E-state index contributed by atoms with van der Waals surface area (Å²) < 4.78 is 29.4. The zero-order chi connectivity index (χ0) is 9.47. The molecule has 0 saturated carbocycles. The summed E-state index contributed by atoms with van der Waals surface area (Å²) in [7, 11) is 0. The maximum absolute atomic E-state index is 13.2. The molecule has 2 saturated heterocycles. The van der Waals surface area contributed by atoms with Crippen LogP contribution in [0.15, 0.2) is 0 Å². The van der Waals surface area contributed by atoms with Gasteiger partial charge in [-0.1, -0.05) is 0 Å². The van der Waals surface area contributed by atoms with Crippen LogP contribution in [0.3, 0.4) is 0 Å². The van der Waals surface area contributed by atoms with Gasteiger partial charge in [0.2, 0.25) is 0 Å². The molecule has 0 N–H and O–H groups in total. The van der Waals surface area contributed by atoms with Crippen molar-refractivity contribution < 1.29 is 18.6 Å². The summed E-state index contributed by atoms with van der Waals surface area (Å²) in [6.07, 6.45) is -1.10. The maximum atomic E-state index is 13.2. The summed E-state index contributed by atoms with van der Waals surface area (Å²) in [6.45, 7) is 4.58. The van der Waals surface area contributed by atoms with E-state index in [9.17, 15) is 4.39 Å². The lowest BCUT2D eigenvalue weighted by Gasteiger charge is -2.21. The van der Waals surface area contributed by atoms with Crippen molar-refractivity contribution in [3.05, 3.63) is 0 Å². The molecule has 0 aromatic heterocycles. The second kappa shape index (κ2) is 3.19. The highest BCUT2D eigenvalue weighted by molar-refractivity contribution is 4.87. The Kier molecular flexibility index (Phi) is 2.30. The van der Waals surface area contributed by atoms with Crippen molar-refractivity contribution in [1.82, 2.24) is 0 Å². The van der Waals surface area contributed by atoms with Gasteiger partial charge in [-0.25, -0.2) is 4.39 Å². The van der Waals surface area contributed by atoms with Gasteiger partial charge < -0.3 is 14.2 Å². The standard InChI is InChI=1S/C9H15FO3/c1-9(2)12-5-7(13-9)8-6(10)3-4-11-8/h6-8H,3-5H2,1-2H3/t6-,7?,8?/m1/s1. The molecule has 2 heterocycles. The number of rotatable bonds is 1. The Morgan fingerprint density at radius 2 is 2.15 bits per heavy atom. The average Bonchev–Trinajstić information content (AvgIpc) is 2.56. The fraction of sp³-hybridized carbons (Fsp3) is 1.00. The normalized spacial score (nSPS) is 44.1. The number of hydrogen-bond donors (Lipinski definition) is 0. The summed E-state index contributed by atoms with van der Waals surface area (Å²) in [4.78, 5) is 0. The molecule has 2 fully saturated rings. The van der Waals surface area contributed by atoms with Crippen LogP contribution in [0, 0.1) is 0 Å². The number of alkyl halides is 1. The molecule has 4 heteroatoms. The van der Waals surface area contributed by atoms with E-state index < -0.39 is 18.1 Å². The summed E-state index contributed by atoms with van der Waals surface area (Å²) >= 11 is 0. The van der Waals surface area contributed by atoms with E-state index in [-0.39, 0.29) is 6.10 Å². The van der Waals surface area contributed by atoms with Gasteiger partial charge in [-0.2, -0.15) is 0 Å². The lowest BCUT2D eigenvalue weighted by molar-refractivity contribution is -0.155. The molecule has 2 rings (SSSR count). The van der Waals surface area contributed by atoms with Crippen LogP contribution in [-0.2, 0) is 14.2 Å². The molecule has 2 aliphatic rings. The second-order valence-corrected chi connectivity index (χ2v) is 4.01. The predicted octanol–water partition coefficient (Wildman–Crippen LogP) is 1.26. The lowest BCUT2D eigenvalue weighted by Crippen LogP contribution is -2.35. The smallest absolute Gasteiger partial charge is 0.163 e. The van der Waals surface area contributed by atoms with Gasteiger partial charge >= 0.3 is 0 Å². The minimum atomic E-state index is -0.900. The third-order valence-corrected chi connectivity index (χ3v) is 2.46. The Bertz CT molecular complexity index is 195. The molecule has 0 bridgehead atoms. The van der Waals surface area contributed by atoms with Crippen molar-refractivity contribution >= 4 is 0 Å². The minimum Gasteiger partial charge on any atom is -0.372 e. The molecule has 0 spiro atoms. The van der Waals surface area contributed by atoms with E-state index in [2.05, 4.69) is 0 Å². The van der Waals surface area contributed by atoms with Gasteiger partial charge in [-0.3, -0.25) is 0 Å². The molecular formula is C9H15FO3. The maximum Gasteiger partial charge on any atom is 0.163 e. The van der Waals surface area contributed by atoms with E-state index in [4.69, 9.17) is 14.2 Å². The Labute approximate surface area is 77.2 Å². The Balaban J connectivity index is 1.95. The van der Waals surface area contributed by atoms with Gasteiger partial charge in [0.15, 0.2) is 5.79 Å². The number of ether oxygens (including phenoxy) is 3. The van der Waals surface area contributed by atoms with E-state index in [1.54, 1.807) is 0 Å². The highest BCUT2D eigenvalue weighted by Crippen LogP contribution is 2.30. The van der Waals surface area contributed by atoms with Gasteiger partial charge in [0.05, 0.1) is 13.2 Å². The molecule has 2 aliphatic heterocycles. The molecule has 0 amide bonds. The van der Waals surface area contributed by atoms with Crippen LogP contribution in [0.25, 0.3) is 0 Å². The molecule has 76 valence electrons. The zero-order valence-electron chi connectivity index (χ0n) is 7.96. The summed E-state index contributed by atoms with van der Waals surface area (Å²) in [5.74, 6) is -0.587. The first-order valence-electron chi connectivity index (χ1n) is 4.66. The van der Waals surface area contributed by atoms with Gasteiger partial charge in [0, 0.05) is 6.42 Å². The van der Waals surface area contributed by atoms with Gasteiger partial charge in [0.1, 0.15) is 18.4 Å². The Morgan fingerprint density at radius 1 is 1.38 bits per heavy atom.